The largest absolute Gasteiger partial charge is 0.491 e. The molecule has 5 rings (SSSR count). The first-order chi connectivity index (χ1) is 27.3. The van der Waals surface area contributed by atoms with Crippen LogP contribution in [-0.2, 0) is 25.5 Å². The number of carbonyl (C=O) groups is 3. The number of ether oxygens (including phenoxy) is 3. The number of benzene rings is 1. The molecule has 58 heavy (non-hydrogen) atoms. The smallest absolute Gasteiger partial charge is 0.417 e. The van der Waals surface area contributed by atoms with Gasteiger partial charge in [-0.1, -0.05) is 91.5 Å². The molecule has 1 aromatic rings. The second-order valence-corrected chi connectivity index (χ2v) is 20.8. The van der Waals surface area contributed by atoms with E-state index >= 15 is 0 Å². The minimum absolute atomic E-state index is 0.0506. The maximum atomic E-state index is 13.6. The second kappa shape index (κ2) is 19.6. The Hall–Kier alpha value is -2.91. The van der Waals surface area contributed by atoms with Crippen LogP contribution in [0, 0.1) is 46.3 Å². The van der Waals surface area contributed by atoms with Crippen molar-refractivity contribution in [3.63, 3.8) is 0 Å². The zero-order chi connectivity index (χ0) is 42.4. The van der Waals surface area contributed by atoms with Crippen molar-refractivity contribution in [1.82, 2.24) is 10.2 Å². The number of fused-ring (bicyclic) bond motifs is 5. The van der Waals surface area contributed by atoms with Gasteiger partial charge in [0.15, 0.2) is 0 Å². The lowest BCUT2D eigenvalue weighted by atomic mass is 9.47. The number of hydrogen-bond acceptors (Lipinski definition) is 8. The number of imide groups is 1. The Balaban J connectivity index is 1.14. The fourth-order valence-corrected chi connectivity index (χ4v) is 11.4. The van der Waals surface area contributed by atoms with E-state index in [1.165, 1.54) is 50.5 Å². The van der Waals surface area contributed by atoms with Gasteiger partial charge in [0.05, 0.1) is 12.8 Å². The van der Waals surface area contributed by atoms with Gasteiger partial charge in [0, 0.05) is 25.6 Å². The fourth-order valence-electron chi connectivity index (χ4n) is 11.4. The molecule has 2 N–H and O–H groups in total. The number of rotatable bonds is 17. The summed E-state index contributed by atoms with van der Waals surface area (Å²) < 4.78 is 17.4. The zero-order valence-corrected chi connectivity index (χ0v) is 37.7. The maximum absolute atomic E-state index is 13.6. The Kier molecular flexibility index (Phi) is 15.6. The summed E-state index contributed by atoms with van der Waals surface area (Å²) in [5, 5.41) is 13.3. The summed E-state index contributed by atoms with van der Waals surface area (Å²) in [5.41, 5.74) is 1.96. The lowest BCUT2D eigenvalue weighted by molar-refractivity contribution is -0.152. The molecule has 3 fully saturated rings. The highest BCUT2D eigenvalue weighted by atomic mass is 16.6. The minimum atomic E-state index is -0.812. The van der Waals surface area contributed by atoms with E-state index in [1.54, 1.807) is 45.0 Å². The van der Waals surface area contributed by atoms with Gasteiger partial charge in [0.2, 0.25) is 5.91 Å². The Morgan fingerprint density at radius 3 is 2.34 bits per heavy atom. The van der Waals surface area contributed by atoms with E-state index in [9.17, 15) is 19.5 Å². The number of carbonyl (C=O) groups excluding carboxylic acids is 3. The van der Waals surface area contributed by atoms with Gasteiger partial charge in [-0.2, -0.15) is 0 Å². The average molecular weight is 807 g/mol. The SMILES string of the molecule is CC(C)CCC[C@@H](C)[C@H]1CC[C@H]2[C@@H]3CC=C4C[C@@H](OC(=O)CCN(C(=O)Cc5ccc(OCC(O)CNC(C)C)cc5)C(=O)OC(C)(C)C)CC[C@]4(C)[C@H]3CC[C@]12C. The molecule has 4 aliphatic rings. The molecule has 0 spiro atoms. The number of hydrogen-bond donors (Lipinski definition) is 2. The van der Waals surface area contributed by atoms with Crippen LogP contribution in [0.4, 0.5) is 4.79 Å². The molecule has 3 saturated carbocycles. The van der Waals surface area contributed by atoms with E-state index in [4.69, 9.17) is 14.2 Å². The Bertz CT molecular complexity index is 1570. The van der Waals surface area contributed by atoms with E-state index in [2.05, 4.69) is 46.0 Å². The van der Waals surface area contributed by atoms with Crippen molar-refractivity contribution in [3.05, 3.63) is 41.5 Å². The van der Waals surface area contributed by atoms with Crippen LogP contribution in [0.25, 0.3) is 0 Å². The minimum Gasteiger partial charge on any atom is -0.491 e. The van der Waals surface area contributed by atoms with Crippen LogP contribution in [0.2, 0.25) is 0 Å². The summed E-state index contributed by atoms with van der Waals surface area (Å²) in [7, 11) is 0. The fraction of sp³-hybridized carbons (Fsp3) is 0.776. The summed E-state index contributed by atoms with van der Waals surface area (Å²) in [4.78, 5) is 41.3. The Morgan fingerprint density at radius 1 is 0.948 bits per heavy atom. The molecule has 0 aliphatic heterocycles. The molecule has 2 amide bonds. The van der Waals surface area contributed by atoms with Crippen molar-refractivity contribution in [2.45, 2.75) is 177 Å². The summed E-state index contributed by atoms with van der Waals surface area (Å²) in [6.07, 6.45) is 14.0. The van der Waals surface area contributed by atoms with E-state index in [1.807, 2.05) is 13.8 Å². The molecule has 9 nitrogen and oxygen atoms in total. The van der Waals surface area contributed by atoms with Crippen LogP contribution >= 0.6 is 0 Å². The zero-order valence-electron chi connectivity index (χ0n) is 37.7. The van der Waals surface area contributed by atoms with Crippen LogP contribution in [0.3, 0.4) is 0 Å². The highest BCUT2D eigenvalue weighted by molar-refractivity contribution is 5.93. The molecule has 0 aromatic heterocycles. The van der Waals surface area contributed by atoms with Crippen molar-refractivity contribution in [3.8, 4) is 5.75 Å². The van der Waals surface area contributed by atoms with Crippen molar-refractivity contribution < 1.29 is 33.7 Å². The third-order valence-corrected chi connectivity index (χ3v) is 14.5. The van der Waals surface area contributed by atoms with Gasteiger partial charge in [-0.3, -0.25) is 9.59 Å². The first-order valence-electron chi connectivity index (χ1n) is 22.8. The summed E-state index contributed by atoms with van der Waals surface area (Å²) in [6, 6.07) is 7.27. The molecule has 326 valence electrons. The van der Waals surface area contributed by atoms with Gasteiger partial charge in [-0.05, 0) is 130 Å². The van der Waals surface area contributed by atoms with Crippen molar-refractivity contribution in [1.29, 1.82) is 0 Å². The standard InChI is InChI=1S/C49H78N2O7/c1-32(2)12-11-13-34(5)41-20-21-42-40-19-16-36-29-39(22-25-48(36,9)43(40)23-26-49(41,42)10)57-45(54)24-27-51(46(55)58-47(6,7)8)44(53)28-35-14-17-38(18-15-35)56-31-37(52)30-50-33(3)4/h14-18,32-34,37,39-43,50,52H,11-13,19-31H2,1-10H3/t34-,37?,39+,40+,41-,42+,43+,48+,49-/m1/s1. The summed E-state index contributed by atoms with van der Waals surface area (Å²) in [5.74, 6) is 4.39. The number of nitrogens with zero attached hydrogens (tertiary/aromatic N) is 1. The molecule has 4 aliphatic carbocycles. The first-order valence-corrected chi connectivity index (χ1v) is 22.8. The van der Waals surface area contributed by atoms with Crippen LogP contribution in [0.5, 0.6) is 5.75 Å². The summed E-state index contributed by atoms with van der Waals surface area (Å²) >= 11 is 0. The van der Waals surface area contributed by atoms with Gasteiger partial charge in [0.1, 0.15) is 30.2 Å². The molecule has 9 atom stereocenters. The number of esters is 1. The normalized spacial score (nSPS) is 29.1. The van der Waals surface area contributed by atoms with Crippen molar-refractivity contribution >= 4 is 18.0 Å². The predicted molar refractivity (Wildman–Crippen MR) is 230 cm³/mol. The molecule has 1 aromatic carbocycles. The first kappa shape index (κ1) is 46.2. The van der Waals surface area contributed by atoms with Crippen molar-refractivity contribution in [2.75, 3.05) is 19.7 Å². The van der Waals surface area contributed by atoms with Gasteiger partial charge in [0.25, 0.3) is 0 Å². The quantitative estimate of drug-likeness (QED) is 0.118. The van der Waals surface area contributed by atoms with Crippen molar-refractivity contribution in [2.24, 2.45) is 46.3 Å². The Morgan fingerprint density at radius 2 is 1.67 bits per heavy atom. The molecular weight excluding hydrogens is 729 g/mol. The maximum Gasteiger partial charge on any atom is 0.417 e. The van der Waals surface area contributed by atoms with E-state index in [0.29, 0.717) is 29.2 Å². The molecule has 0 saturated heterocycles. The molecule has 0 bridgehead atoms. The van der Waals surface area contributed by atoms with E-state index < -0.39 is 29.7 Å². The van der Waals surface area contributed by atoms with Gasteiger partial charge in [-0.15, -0.1) is 0 Å². The number of aliphatic hydroxyl groups is 1. The third-order valence-electron chi connectivity index (χ3n) is 14.5. The van der Waals surface area contributed by atoms with Gasteiger partial charge < -0.3 is 24.6 Å². The van der Waals surface area contributed by atoms with Crippen LogP contribution in [0.1, 0.15) is 152 Å². The van der Waals surface area contributed by atoms with E-state index in [-0.39, 0.29) is 43.6 Å². The topological polar surface area (TPSA) is 114 Å². The number of nitrogens with one attached hydrogen (secondary N) is 1. The molecule has 1 unspecified atom stereocenters. The Labute approximate surface area is 350 Å². The van der Waals surface area contributed by atoms with Crippen LogP contribution in [-0.4, -0.2) is 71.5 Å². The highest BCUT2D eigenvalue weighted by Gasteiger charge is 2.59. The lowest BCUT2D eigenvalue weighted by Gasteiger charge is -2.58. The van der Waals surface area contributed by atoms with Crippen LogP contribution < -0.4 is 10.1 Å². The molecule has 9 heteroatoms. The number of allylic oxidation sites excluding steroid dienone is 1. The third kappa shape index (κ3) is 11.7. The van der Waals surface area contributed by atoms with E-state index in [0.717, 1.165) is 60.2 Å². The van der Waals surface area contributed by atoms with Gasteiger partial charge >= 0.3 is 12.1 Å². The monoisotopic (exact) mass is 807 g/mol. The lowest BCUT2D eigenvalue weighted by Crippen LogP contribution is -2.51. The van der Waals surface area contributed by atoms with Gasteiger partial charge in [-0.25, -0.2) is 9.69 Å². The van der Waals surface area contributed by atoms with Crippen LogP contribution in [0.15, 0.2) is 35.9 Å². The number of amides is 2. The molecule has 0 heterocycles. The summed E-state index contributed by atoms with van der Waals surface area (Å²) in [6.45, 7) is 22.1. The molecule has 0 radical (unpaired) electrons. The average Bonchev–Trinajstić information content (AvgIpc) is 3.50. The predicted octanol–water partition coefficient (Wildman–Crippen LogP) is 10.1. The second-order valence-electron chi connectivity index (χ2n) is 20.8. The number of aliphatic hydroxyl groups excluding tert-OH is 1. The molecular formula is C49H78N2O7. The highest BCUT2D eigenvalue weighted by Crippen LogP contribution is 2.67.